The SMILES string of the molecule is OCC1(Nc2ccc(Cl)cc2)CCCc2ccccc21. The molecule has 1 aliphatic carbocycles. The third kappa shape index (κ3) is 2.41. The molecule has 1 atom stereocenters. The van der Waals surface area contributed by atoms with Gasteiger partial charge in [0, 0.05) is 10.7 Å². The van der Waals surface area contributed by atoms with Crippen molar-refractivity contribution in [3.05, 3.63) is 64.7 Å². The number of benzene rings is 2. The van der Waals surface area contributed by atoms with E-state index in [1.54, 1.807) is 0 Å². The van der Waals surface area contributed by atoms with Gasteiger partial charge in [-0.1, -0.05) is 35.9 Å². The topological polar surface area (TPSA) is 32.3 Å². The standard InChI is InChI=1S/C17H18ClNO/c18-14-7-9-15(10-8-14)19-17(12-20)11-3-5-13-4-1-2-6-16(13)17/h1-2,4,6-10,19-20H,3,5,11-12H2. The minimum Gasteiger partial charge on any atom is -0.394 e. The van der Waals surface area contributed by atoms with Gasteiger partial charge < -0.3 is 10.4 Å². The molecule has 20 heavy (non-hydrogen) atoms. The van der Waals surface area contributed by atoms with Gasteiger partial charge >= 0.3 is 0 Å². The summed E-state index contributed by atoms with van der Waals surface area (Å²) in [4.78, 5) is 0. The van der Waals surface area contributed by atoms with E-state index in [0.29, 0.717) is 0 Å². The number of aliphatic hydroxyl groups is 1. The monoisotopic (exact) mass is 287 g/mol. The van der Waals surface area contributed by atoms with Crippen LogP contribution in [0.5, 0.6) is 0 Å². The summed E-state index contributed by atoms with van der Waals surface area (Å²) in [6.07, 6.45) is 3.10. The summed E-state index contributed by atoms with van der Waals surface area (Å²) in [6, 6.07) is 16.0. The minimum absolute atomic E-state index is 0.0899. The maximum absolute atomic E-state index is 10.0. The van der Waals surface area contributed by atoms with Gasteiger partial charge in [0.2, 0.25) is 0 Å². The average Bonchev–Trinajstić information content (AvgIpc) is 2.50. The van der Waals surface area contributed by atoms with E-state index in [1.807, 2.05) is 30.3 Å². The molecular formula is C17H18ClNO. The van der Waals surface area contributed by atoms with Gasteiger partial charge in [0.05, 0.1) is 12.1 Å². The van der Waals surface area contributed by atoms with Crippen molar-refractivity contribution < 1.29 is 5.11 Å². The zero-order valence-electron chi connectivity index (χ0n) is 11.3. The second-order valence-corrected chi connectivity index (χ2v) is 5.82. The highest BCUT2D eigenvalue weighted by Gasteiger charge is 2.35. The van der Waals surface area contributed by atoms with Gasteiger partial charge in [-0.2, -0.15) is 0 Å². The van der Waals surface area contributed by atoms with Crippen LogP contribution in [-0.2, 0) is 12.0 Å². The largest absolute Gasteiger partial charge is 0.394 e. The molecule has 2 nitrogen and oxygen atoms in total. The lowest BCUT2D eigenvalue weighted by Crippen LogP contribution is -2.42. The summed E-state index contributed by atoms with van der Waals surface area (Å²) in [5, 5.41) is 14.3. The van der Waals surface area contributed by atoms with Crippen LogP contribution in [0.25, 0.3) is 0 Å². The Labute approximate surface area is 124 Å². The molecular weight excluding hydrogens is 270 g/mol. The van der Waals surface area contributed by atoms with E-state index in [-0.39, 0.29) is 12.1 Å². The van der Waals surface area contributed by atoms with Crippen LogP contribution in [0.4, 0.5) is 5.69 Å². The van der Waals surface area contributed by atoms with Crippen LogP contribution in [0.3, 0.4) is 0 Å². The molecule has 0 saturated carbocycles. The van der Waals surface area contributed by atoms with Crippen molar-refractivity contribution in [1.82, 2.24) is 0 Å². The molecule has 2 N–H and O–H groups in total. The van der Waals surface area contributed by atoms with Gasteiger partial charge in [-0.3, -0.25) is 0 Å². The van der Waals surface area contributed by atoms with E-state index in [0.717, 1.165) is 30.0 Å². The van der Waals surface area contributed by atoms with Crippen molar-refractivity contribution in [2.45, 2.75) is 24.8 Å². The summed E-state index contributed by atoms with van der Waals surface area (Å²) < 4.78 is 0. The van der Waals surface area contributed by atoms with Crippen molar-refractivity contribution in [3.8, 4) is 0 Å². The molecule has 2 aromatic rings. The number of hydrogen-bond donors (Lipinski definition) is 2. The van der Waals surface area contributed by atoms with Crippen LogP contribution in [0.2, 0.25) is 5.02 Å². The third-order valence-corrected chi connectivity index (χ3v) is 4.33. The highest BCUT2D eigenvalue weighted by Crippen LogP contribution is 2.37. The predicted octanol–water partition coefficient (Wildman–Crippen LogP) is 3.98. The number of aryl methyl sites for hydroxylation is 1. The van der Waals surface area contributed by atoms with Crippen LogP contribution < -0.4 is 5.32 Å². The quantitative estimate of drug-likeness (QED) is 0.895. The van der Waals surface area contributed by atoms with Gasteiger partial charge in [0.1, 0.15) is 0 Å². The second-order valence-electron chi connectivity index (χ2n) is 5.38. The Morgan fingerprint density at radius 1 is 1.10 bits per heavy atom. The molecule has 0 spiro atoms. The van der Waals surface area contributed by atoms with Crippen LogP contribution in [0, 0.1) is 0 Å². The molecule has 104 valence electrons. The Bertz CT molecular complexity index is 596. The van der Waals surface area contributed by atoms with Crippen molar-refractivity contribution in [3.63, 3.8) is 0 Å². The van der Waals surface area contributed by atoms with Crippen molar-refractivity contribution in [1.29, 1.82) is 0 Å². The van der Waals surface area contributed by atoms with E-state index < -0.39 is 0 Å². The number of rotatable bonds is 3. The summed E-state index contributed by atoms with van der Waals surface area (Å²) in [5.74, 6) is 0. The first-order valence-corrected chi connectivity index (χ1v) is 7.34. The first kappa shape index (κ1) is 13.5. The van der Waals surface area contributed by atoms with E-state index in [9.17, 15) is 5.11 Å². The molecule has 0 heterocycles. The summed E-state index contributed by atoms with van der Waals surface area (Å²) in [7, 11) is 0. The Morgan fingerprint density at radius 3 is 2.60 bits per heavy atom. The normalized spacial score (nSPS) is 21.3. The first-order chi connectivity index (χ1) is 9.73. The molecule has 2 aromatic carbocycles. The molecule has 1 aliphatic rings. The van der Waals surface area contributed by atoms with E-state index in [4.69, 9.17) is 11.6 Å². The number of fused-ring (bicyclic) bond motifs is 1. The number of hydrogen-bond acceptors (Lipinski definition) is 2. The number of nitrogens with one attached hydrogen (secondary N) is 1. The molecule has 0 fully saturated rings. The number of aliphatic hydroxyl groups excluding tert-OH is 1. The Morgan fingerprint density at radius 2 is 1.85 bits per heavy atom. The maximum atomic E-state index is 10.0. The number of anilines is 1. The summed E-state index contributed by atoms with van der Waals surface area (Å²) in [6.45, 7) is 0.0899. The number of halogens is 1. The average molecular weight is 288 g/mol. The van der Waals surface area contributed by atoms with Gasteiger partial charge in [0.25, 0.3) is 0 Å². The first-order valence-electron chi connectivity index (χ1n) is 6.96. The van der Waals surface area contributed by atoms with Crippen LogP contribution in [-0.4, -0.2) is 11.7 Å². The second kappa shape index (κ2) is 5.47. The fourth-order valence-corrected chi connectivity index (χ4v) is 3.19. The van der Waals surface area contributed by atoms with Crippen molar-refractivity contribution in [2.75, 3.05) is 11.9 Å². The lowest BCUT2D eigenvalue weighted by molar-refractivity contribution is 0.194. The van der Waals surface area contributed by atoms with Crippen molar-refractivity contribution >= 4 is 17.3 Å². The van der Waals surface area contributed by atoms with Crippen LogP contribution in [0.15, 0.2) is 48.5 Å². The zero-order chi connectivity index (χ0) is 14.0. The van der Waals surface area contributed by atoms with Gasteiger partial charge in [-0.15, -0.1) is 0 Å². The Hall–Kier alpha value is -1.51. The lowest BCUT2D eigenvalue weighted by atomic mass is 9.77. The lowest BCUT2D eigenvalue weighted by Gasteiger charge is -2.39. The van der Waals surface area contributed by atoms with Crippen molar-refractivity contribution in [2.24, 2.45) is 0 Å². The Balaban J connectivity index is 1.98. The zero-order valence-corrected chi connectivity index (χ0v) is 12.0. The molecule has 0 aliphatic heterocycles. The minimum atomic E-state index is -0.386. The molecule has 0 bridgehead atoms. The fourth-order valence-electron chi connectivity index (χ4n) is 3.06. The van der Waals surface area contributed by atoms with Gasteiger partial charge in [0.15, 0.2) is 0 Å². The molecule has 3 heteroatoms. The molecule has 1 unspecified atom stereocenters. The maximum Gasteiger partial charge on any atom is 0.0859 e. The van der Waals surface area contributed by atoms with Gasteiger partial charge in [-0.25, -0.2) is 0 Å². The van der Waals surface area contributed by atoms with E-state index >= 15 is 0 Å². The molecule has 0 aromatic heterocycles. The summed E-state index contributed by atoms with van der Waals surface area (Å²) >= 11 is 5.93. The highest BCUT2D eigenvalue weighted by molar-refractivity contribution is 6.30. The van der Waals surface area contributed by atoms with Crippen LogP contribution in [0.1, 0.15) is 24.0 Å². The van der Waals surface area contributed by atoms with Crippen LogP contribution >= 0.6 is 11.6 Å². The molecule has 3 rings (SSSR count). The summed E-state index contributed by atoms with van der Waals surface area (Å²) in [5.41, 5.74) is 3.14. The van der Waals surface area contributed by atoms with E-state index in [1.165, 1.54) is 11.1 Å². The van der Waals surface area contributed by atoms with Gasteiger partial charge in [-0.05, 0) is 54.7 Å². The highest BCUT2D eigenvalue weighted by atomic mass is 35.5. The predicted molar refractivity (Wildman–Crippen MR) is 83.2 cm³/mol. The van der Waals surface area contributed by atoms with E-state index in [2.05, 4.69) is 23.5 Å². The third-order valence-electron chi connectivity index (χ3n) is 4.08. The smallest absolute Gasteiger partial charge is 0.0859 e. The molecule has 0 radical (unpaired) electrons. The molecule has 0 amide bonds. The molecule has 0 saturated heterocycles. The Kier molecular flexibility index (Phi) is 3.68. The fraction of sp³-hybridized carbons (Fsp3) is 0.294.